The van der Waals surface area contributed by atoms with E-state index in [1.807, 2.05) is 72.2 Å². The summed E-state index contributed by atoms with van der Waals surface area (Å²) in [6.07, 6.45) is 5.20. The molecule has 8 heteroatoms. The summed E-state index contributed by atoms with van der Waals surface area (Å²) in [5, 5.41) is 9.73. The van der Waals surface area contributed by atoms with E-state index in [4.69, 9.17) is 9.15 Å². The van der Waals surface area contributed by atoms with Crippen LogP contribution in [0.25, 0.3) is 28.5 Å². The van der Waals surface area contributed by atoms with Gasteiger partial charge in [-0.25, -0.2) is 4.98 Å². The highest BCUT2D eigenvalue weighted by atomic mass is 32.2. The number of oxazole rings is 1. The molecule has 3 heterocycles. The normalized spacial score (nSPS) is 11.0. The average molecular weight is 470 g/mol. The molecular formula is C26H23N5O2S. The number of nitrogens with zero attached hydrogens (tertiary/aromatic N) is 5. The molecule has 5 aromatic rings. The van der Waals surface area contributed by atoms with Crippen LogP contribution in [0, 0.1) is 6.92 Å². The Bertz CT molecular complexity index is 1360. The molecule has 0 spiro atoms. The van der Waals surface area contributed by atoms with Crippen LogP contribution in [-0.4, -0.2) is 31.3 Å². The summed E-state index contributed by atoms with van der Waals surface area (Å²) in [4.78, 5) is 8.78. The van der Waals surface area contributed by atoms with Gasteiger partial charge in [0, 0.05) is 35.0 Å². The topological polar surface area (TPSA) is 78.9 Å². The van der Waals surface area contributed by atoms with Crippen molar-refractivity contribution in [3.8, 4) is 34.3 Å². The van der Waals surface area contributed by atoms with Crippen molar-refractivity contribution in [2.75, 3.05) is 6.61 Å². The summed E-state index contributed by atoms with van der Waals surface area (Å²) in [6, 6.07) is 19.9. The van der Waals surface area contributed by atoms with Gasteiger partial charge in [0.1, 0.15) is 12.0 Å². The summed E-state index contributed by atoms with van der Waals surface area (Å²) in [5.41, 5.74) is 4.88. The second kappa shape index (κ2) is 9.93. The molecule has 0 aliphatic carbocycles. The van der Waals surface area contributed by atoms with Crippen LogP contribution in [0.3, 0.4) is 0 Å². The van der Waals surface area contributed by atoms with E-state index in [0.29, 0.717) is 18.3 Å². The quantitative estimate of drug-likeness (QED) is 0.259. The number of rotatable bonds is 8. The highest BCUT2D eigenvalue weighted by Gasteiger charge is 2.17. The van der Waals surface area contributed by atoms with E-state index in [2.05, 4.69) is 27.1 Å². The first-order valence-electron chi connectivity index (χ1n) is 10.9. The molecule has 0 fully saturated rings. The van der Waals surface area contributed by atoms with Crippen LogP contribution in [-0.2, 0) is 5.75 Å². The van der Waals surface area contributed by atoms with Gasteiger partial charge in [0.2, 0.25) is 5.89 Å². The zero-order chi connectivity index (χ0) is 23.3. The van der Waals surface area contributed by atoms with Gasteiger partial charge in [-0.3, -0.25) is 9.55 Å². The first-order chi connectivity index (χ1) is 16.7. The molecule has 7 nitrogen and oxygen atoms in total. The molecule has 170 valence electrons. The number of thioether (sulfide) groups is 1. The smallest absolute Gasteiger partial charge is 0.226 e. The van der Waals surface area contributed by atoms with Crippen molar-refractivity contribution in [1.82, 2.24) is 24.7 Å². The Morgan fingerprint density at radius 2 is 1.68 bits per heavy atom. The molecule has 0 amide bonds. The van der Waals surface area contributed by atoms with Crippen molar-refractivity contribution in [3.05, 3.63) is 90.6 Å². The lowest BCUT2D eigenvalue weighted by atomic mass is 10.1. The summed E-state index contributed by atoms with van der Waals surface area (Å²) in [5.74, 6) is 2.78. The van der Waals surface area contributed by atoms with Crippen molar-refractivity contribution in [2.45, 2.75) is 24.8 Å². The minimum absolute atomic E-state index is 0.598. The van der Waals surface area contributed by atoms with Crippen molar-refractivity contribution in [1.29, 1.82) is 0 Å². The van der Waals surface area contributed by atoms with Crippen molar-refractivity contribution in [2.24, 2.45) is 0 Å². The maximum Gasteiger partial charge on any atom is 0.226 e. The molecule has 0 saturated heterocycles. The van der Waals surface area contributed by atoms with Crippen LogP contribution in [0.1, 0.15) is 18.2 Å². The molecule has 0 atom stereocenters. The van der Waals surface area contributed by atoms with Gasteiger partial charge in [-0.2, -0.15) is 0 Å². The number of aromatic nitrogens is 5. The Hall–Kier alpha value is -3.91. The third-order valence-electron chi connectivity index (χ3n) is 5.18. The molecule has 0 saturated carbocycles. The highest BCUT2D eigenvalue weighted by molar-refractivity contribution is 7.98. The van der Waals surface area contributed by atoms with Crippen LogP contribution < -0.4 is 4.74 Å². The van der Waals surface area contributed by atoms with E-state index in [0.717, 1.165) is 39.2 Å². The van der Waals surface area contributed by atoms with Gasteiger partial charge >= 0.3 is 0 Å². The molecule has 0 bridgehead atoms. The first kappa shape index (κ1) is 21.9. The predicted octanol–water partition coefficient (Wildman–Crippen LogP) is 5.98. The molecule has 2 aromatic carbocycles. The number of pyridine rings is 1. The lowest BCUT2D eigenvalue weighted by Crippen LogP contribution is -2.00. The Morgan fingerprint density at radius 3 is 2.41 bits per heavy atom. The molecular weight excluding hydrogens is 446 g/mol. The largest absolute Gasteiger partial charge is 0.494 e. The maximum absolute atomic E-state index is 5.72. The second-order valence-corrected chi connectivity index (χ2v) is 8.55. The zero-order valence-corrected chi connectivity index (χ0v) is 19.7. The van der Waals surface area contributed by atoms with Gasteiger partial charge in [0.25, 0.3) is 0 Å². The Balaban J connectivity index is 1.42. The van der Waals surface area contributed by atoms with Crippen LogP contribution >= 0.6 is 11.8 Å². The summed E-state index contributed by atoms with van der Waals surface area (Å²) in [6.45, 7) is 4.65. The molecule has 3 aromatic heterocycles. The average Bonchev–Trinajstić information content (AvgIpc) is 3.52. The summed E-state index contributed by atoms with van der Waals surface area (Å²) in [7, 11) is 0. The lowest BCUT2D eigenvalue weighted by Gasteiger charge is -2.11. The first-order valence-corrected chi connectivity index (χ1v) is 11.9. The number of ether oxygens (including phenoxy) is 1. The third kappa shape index (κ3) is 4.72. The van der Waals surface area contributed by atoms with E-state index in [9.17, 15) is 0 Å². The molecule has 5 rings (SSSR count). The Labute approximate surface area is 201 Å². The van der Waals surface area contributed by atoms with E-state index in [-0.39, 0.29) is 0 Å². The standard InChI is InChI=1S/C26H23N5O2S/c1-3-32-23-10-8-22(9-11-23)31-24(19-12-14-27-15-13-19)29-30-26(31)34-17-21-16-33-25(28-21)20-6-4-18(2)5-7-20/h4-16H,3,17H2,1-2H3. The molecule has 0 aliphatic heterocycles. The van der Waals surface area contributed by atoms with Crippen LogP contribution in [0.2, 0.25) is 0 Å². The summed E-state index contributed by atoms with van der Waals surface area (Å²) < 4.78 is 13.4. The number of hydrogen-bond donors (Lipinski definition) is 0. The minimum Gasteiger partial charge on any atom is -0.494 e. The van der Waals surface area contributed by atoms with Gasteiger partial charge in [-0.05, 0) is 62.4 Å². The Morgan fingerprint density at radius 1 is 0.912 bits per heavy atom. The van der Waals surface area contributed by atoms with Crippen molar-refractivity contribution >= 4 is 11.8 Å². The van der Waals surface area contributed by atoms with Gasteiger partial charge in [-0.15, -0.1) is 10.2 Å². The van der Waals surface area contributed by atoms with Gasteiger partial charge < -0.3 is 9.15 Å². The molecule has 0 N–H and O–H groups in total. The highest BCUT2D eigenvalue weighted by Crippen LogP contribution is 2.31. The molecule has 0 aliphatic rings. The van der Waals surface area contributed by atoms with E-state index in [1.165, 1.54) is 5.56 Å². The lowest BCUT2D eigenvalue weighted by molar-refractivity contribution is 0.340. The van der Waals surface area contributed by atoms with E-state index in [1.54, 1.807) is 30.4 Å². The fourth-order valence-corrected chi connectivity index (χ4v) is 4.31. The molecule has 34 heavy (non-hydrogen) atoms. The number of benzene rings is 2. The third-order valence-corrected chi connectivity index (χ3v) is 6.14. The van der Waals surface area contributed by atoms with E-state index >= 15 is 0 Å². The monoisotopic (exact) mass is 469 g/mol. The van der Waals surface area contributed by atoms with Crippen LogP contribution in [0.4, 0.5) is 0 Å². The Kier molecular flexibility index (Phi) is 6.40. The zero-order valence-electron chi connectivity index (χ0n) is 18.9. The number of aryl methyl sites for hydroxylation is 1. The van der Waals surface area contributed by atoms with Gasteiger partial charge in [0.15, 0.2) is 11.0 Å². The fraction of sp³-hybridized carbons (Fsp3) is 0.154. The number of hydrogen-bond acceptors (Lipinski definition) is 7. The van der Waals surface area contributed by atoms with Crippen molar-refractivity contribution < 1.29 is 9.15 Å². The van der Waals surface area contributed by atoms with Crippen LogP contribution in [0.5, 0.6) is 5.75 Å². The van der Waals surface area contributed by atoms with Gasteiger partial charge in [0.05, 0.1) is 12.3 Å². The van der Waals surface area contributed by atoms with Gasteiger partial charge in [-0.1, -0.05) is 29.5 Å². The predicted molar refractivity (Wildman–Crippen MR) is 132 cm³/mol. The second-order valence-electron chi connectivity index (χ2n) is 7.60. The molecule has 0 radical (unpaired) electrons. The SMILES string of the molecule is CCOc1ccc(-n2c(SCc3coc(-c4ccc(C)cc4)n3)nnc2-c2ccncc2)cc1. The minimum atomic E-state index is 0.598. The summed E-state index contributed by atoms with van der Waals surface area (Å²) >= 11 is 1.56. The fourth-order valence-electron chi connectivity index (χ4n) is 3.48. The molecule has 0 unspecified atom stereocenters. The van der Waals surface area contributed by atoms with Crippen LogP contribution in [0.15, 0.2) is 88.9 Å². The maximum atomic E-state index is 5.72. The van der Waals surface area contributed by atoms with Crippen molar-refractivity contribution in [3.63, 3.8) is 0 Å². The van der Waals surface area contributed by atoms with E-state index < -0.39 is 0 Å².